The Morgan fingerprint density at radius 1 is 1.35 bits per heavy atom. The van der Waals surface area contributed by atoms with E-state index in [2.05, 4.69) is 10.3 Å². The Bertz CT molecular complexity index is 608. The summed E-state index contributed by atoms with van der Waals surface area (Å²) < 4.78 is 23.0. The van der Waals surface area contributed by atoms with E-state index in [0.29, 0.717) is 17.5 Å². The smallest absolute Gasteiger partial charge is 0.193 e. The van der Waals surface area contributed by atoms with Crippen LogP contribution in [0.1, 0.15) is 19.4 Å². The minimum atomic E-state index is -2.99. The fourth-order valence-corrected chi connectivity index (χ4v) is 2.76. The number of nitrogens with one attached hydrogen (secondary N) is 1. The van der Waals surface area contributed by atoms with Gasteiger partial charge in [0.1, 0.15) is 0 Å². The van der Waals surface area contributed by atoms with E-state index in [1.807, 2.05) is 43.1 Å². The minimum Gasteiger partial charge on any atom is -0.357 e. The van der Waals surface area contributed by atoms with Gasteiger partial charge in [-0.15, -0.1) is 24.0 Å². The second-order valence-corrected chi connectivity index (χ2v) is 7.87. The van der Waals surface area contributed by atoms with Crippen LogP contribution in [0.4, 0.5) is 0 Å². The van der Waals surface area contributed by atoms with Crippen molar-refractivity contribution in [1.82, 2.24) is 10.2 Å². The maximum absolute atomic E-state index is 11.5. The number of halogens is 2. The molecule has 0 saturated heterocycles. The summed E-state index contributed by atoms with van der Waals surface area (Å²) in [6.45, 7) is 5.26. The summed E-state index contributed by atoms with van der Waals surface area (Å²) in [6.07, 6.45) is 0. The van der Waals surface area contributed by atoms with Gasteiger partial charge in [0, 0.05) is 30.9 Å². The van der Waals surface area contributed by atoms with Crippen LogP contribution in [0.15, 0.2) is 29.3 Å². The molecule has 1 rings (SSSR count). The van der Waals surface area contributed by atoms with Crippen LogP contribution in [-0.4, -0.2) is 50.9 Å². The third kappa shape index (κ3) is 8.76. The van der Waals surface area contributed by atoms with E-state index in [4.69, 9.17) is 11.6 Å². The van der Waals surface area contributed by atoms with Gasteiger partial charge in [-0.2, -0.15) is 0 Å². The number of hydrogen-bond donors (Lipinski definition) is 1. The van der Waals surface area contributed by atoms with Gasteiger partial charge in [0.25, 0.3) is 0 Å². The number of guanidine groups is 1. The molecule has 0 aliphatic rings. The molecule has 8 heteroatoms. The molecule has 0 amide bonds. The number of aliphatic imine (C=N–C) groups is 1. The predicted octanol–water partition coefficient (Wildman–Crippen LogP) is 2.79. The summed E-state index contributed by atoms with van der Waals surface area (Å²) in [6, 6.07) is 7.64. The number of rotatable bonds is 7. The highest BCUT2D eigenvalue weighted by atomic mass is 127. The number of hydrogen-bond acceptors (Lipinski definition) is 3. The first-order valence-electron chi connectivity index (χ1n) is 7.32. The van der Waals surface area contributed by atoms with E-state index >= 15 is 0 Å². The van der Waals surface area contributed by atoms with E-state index in [1.54, 1.807) is 6.92 Å². The van der Waals surface area contributed by atoms with Crippen LogP contribution in [0.2, 0.25) is 5.02 Å². The maximum atomic E-state index is 11.5. The SMILES string of the molecule is CCNC(=NCCS(=O)(=O)CC)N(C)Cc1cccc(Cl)c1.I. The second kappa shape index (κ2) is 11.1. The van der Waals surface area contributed by atoms with E-state index in [-0.39, 0.29) is 42.0 Å². The maximum Gasteiger partial charge on any atom is 0.193 e. The van der Waals surface area contributed by atoms with Gasteiger partial charge >= 0.3 is 0 Å². The topological polar surface area (TPSA) is 61.8 Å². The molecule has 23 heavy (non-hydrogen) atoms. The quantitative estimate of drug-likeness (QED) is 0.376. The van der Waals surface area contributed by atoms with Crippen LogP contribution in [0, 0.1) is 0 Å². The van der Waals surface area contributed by atoms with Crippen molar-refractivity contribution in [3.05, 3.63) is 34.9 Å². The van der Waals surface area contributed by atoms with Crippen LogP contribution in [0.3, 0.4) is 0 Å². The Labute approximate surface area is 161 Å². The molecule has 0 saturated carbocycles. The first-order valence-corrected chi connectivity index (χ1v) is 9.52. The molecular formula is C15H25ClIN3O2S. The lowest BCUT2D eigenvalue weighted by Gasteiger charge is -2.22. The van der Waals surface area contributed by atoms with Gasteiger partial charge in [-0.25, -0.2) is 8.42 Å². The summed E-state index contributed by atoms with van der Waals surface area (Å²) in [5.41, 5.74) is 1.07. The van der Waals surface area contributed by atoms with Crippen molar-refractivity contribution in [2.75, 3.05) is 31.6 Å². The van der Waals surface area contributed by atoms with Crippen LogP contribution in [-0.2, 0) is 16.4 Å². The van der Waals surface area contributed by atoms with Gasteiger partial charge in [-0.1, -0.05) is 30.7 Å². The van der Waals surface area contributed by atoms with Crippen LogP contribution >= 0.6 is 35.6 Å². The molecule has 0 spiro atoms. The molecule has 0 aliphatic heterocycles. The van der Waals surface area contributed by atoms with Crippen LogP contribution < -0.4 is 5.32 Å². The highest BCUT2D eigenvalue weighted by molar-refractivity contribution is 14.0. The van der Waals surface area contributed by atoms with E-state index < -0.39 is 9.84 Å². The third-order valence-electron chi connectivity index (χ3n) is 3.11. The van der Waals surface area contributed by atoms with Gasteiger partial charge in [0.15, 0.2) is 15.8 Å². The largest absolute Gasteiger partial charge is 0.357 e. The number of sulfone groups is 1. The molecule has 1 N–H and O–H groups in total. The van der Waals surface area contributed by atoms with Crippen molar-refractivity contribution in [3.63, 3.8) is 0 Å². The first-order chi connectivity index (χ1) is 10.4. The fourth-order valence-electron chi connectivity index (χ4n) is 1.89. The van der Waals surface area contributed by atoms with Gasteiger partial charge in [0.05, 0.1) is 12.3 Å². The summed E-state index contributed by atoms with van der Waals surface area (Å²) in [5.74, 6) is 0.912. The molecule has 0 bridgehead atoms. The summed E-state index contributed by atoms with van der Waals surface area (Å²) in [5, 5.41) is 3.87. The van der Waals surface area contributed by atoms with Crippen molar-refractivity contribution in [2.24, 2.45) is 4.99 Å². The number of nitrogens with zero attached hydrogens (tertiary/aromatic N) is 2. The van der Waals surface area contributed by atoms with Gasteiger partial charge in [-0.05, 0) is 24.6 Å². The predicted molar refractivity (Wildman–Crippen MR) is 109 cm³/mol. The fraction of sp³-hybridized carbons (Fsp3) is 0.533. The highest BCUT2D eigenvalue weighted by Crippen LogP contribution is 2.12. The average molecular weight is 474 g/mol. The molecule has 132 valence electrons. The molecule has 0 fully saturated rings. The Hall–Kier alpha value is -0.540. The van der Waals surface area contributed by atoms with E-state index in [0.717, 1.165) is 12.1 Å². The van der Waals surface area contributed by atoms with Crippen molar-refractivity contribution < 1.29 is 8.42 Å². The first kappa shape index (κ1) is 22.5. The second-order valence-electron chi connectivity index (χ2n) is 4.96. The zero-order chi connectivity index (χ0) is 16.6. The van der Waals surface area contributed by atoms with Gasteiger partial charge in [0.2, 0.25) is 0 Å². The van der Waals surface area contributed by atoms with Crippen LogP contribution in [0.25, 0.3) is 0 Å². The zero-order valence-corrected chi connectivity index (χ0v) is 17.7. The third-order valence-corrected chi connectivity index (χ3v) is 5.03. The standard InChI is InChI=1S/C15H24ClN3O2S.HI/c1-4-17-15(18-9-10-22(20,21)5-2)19(3)12-13-7-6-8-14(16)11-13;/h6-8,11H,4-5,9-10,12H2,1-3H3,(H,17,18);1H. The highest BCUT2D eigenvalue weighted by Gasteiger charge is 2.09. The number of benzene rings is 1. The molecule has 0 radical (unpaired) electrons. The van der Waals surface area contributed by atoms with E-state index in [9.17, 15) is 8.42 Å². The van der Waals surface area contributed by atoms with E-state index in [1.165, 1.54) is 0 Å². The lowest BCUT2D eigenvalue weighted by Crippen LogP contribution is -2.38. The molecule has 5 nitrogen and oxygen atoms in total. The molecule has 0 unspecified atom stereocenters. The molecule has 0 aliphatic carbocycles. The summed E-state index contributed by atoms with van der Waals surface area (Å²) >= 11 is 5.99. The molecule has 1 aromatic carbocycles. The molecule has 0 heterocycles. The average Bonchev–Trinajstić information content (AvgIpc) is 2.46. The Morgan fingerprint density at radius 2 is 2.04 bits per heavy atom. The summed E-state index contributed by atoms with van der Waals surface area (Å²) in [4.78, 5) is 6.34. The molecular weight excluding hydrogens is 449 g/mol. The van der Waals surface area contributed by atoms with Gasteiger partial charge in [-0.3, -0.25) is 4.99 Å². The Morgan fingerprint density at radius 3 is 2.61 bits per heavy atom. The monoisotopic (exact) mass is 473 g/mol. The normalized spacial score (nSPS) is 11.7. The van der Waals surface area contributed by atoms with Gasteiger partial charge < -0.3 is 10.2 Å². The molecule has 0 aromatic heterocycles. The van der Waals surface area contributed by atoms with Crippen molar-refractivity contribution in [3.8, 4) is 0 Å². The Balaban J connectivity index is 0.00000484. The van der Waals surface area contributed by atoms with Crippen molar-refractivity contribution in [1.29, 1.82) is 0 Å². The zero-order valence-electron chi connectivity index (χ0n) is 13.8. The minimum absolute atomic E-state index is 0. The lowest BCUT2D eigenvalue weighted by molar-refractivity contribution is 0.477. The lowest BCUT2D eigenvalue weighted by atomic mass is 10.2. The molecule has 0 atom stereocenters. The van der Waals surface area contributed by atoms with Crippen molar-refractivity contribution in [2.45, 2.75) is 20.4 Å². The molecule has 1 aromatic rings. The Kier molecular flexibility index (Phi) is 10.8. The van der Waals surface area contributed by atoms with Crippen LogP contribution in [0.5, 0.6) is 0 Å². The summed E-state index contributed by atoms with van der Waals surface area (Å²) in [7, 11) is -1.08. The van der Waals surface area contributed by atoms with Crippen molar-refractivity contribution >= 4 is 51.4 Å².